The van der Waals surface area contributed by atoms with Gasteiger partial charge in [-0.1, -0.05) is 0 Å². The minimum atomic E-state index is -1.20. The lowest BCUT2D eigenvalue weighted by Gasteiger charge is -2.15. The van der Waals surface area contributed by atoms with E-state index in [1.54, 1.807) is 12.3 Å². The minimum Gasteiger partial charge on any atom is -0.507 e. The first-order valence-corrected chi connectivity index (χ1v) is 6.99. The summed E-state index contributed by atoms with van der Waals surface area (Å²) >= 11 is 0. The first-order valence-electron chi connectivity index (χ1n) is 6.99. The normalized spacial score (nSPS) is 17.5. The van der Waals surface area contributed by atoms with Gasteiger partial charge in [0.2, 0.25) is 0 Å². The molecule has 0 aliphatic carbocycles. The number of hydrogen-bond acceptors (Lipinski definition) is 5. The van der Waals surface area contributed by atoms with Gasteiger partial charge >= 0.3 is 5.97 Å². The third kappa shape index (κ3) is 2.89. The van der Waals surface area contributed by atoms with Crippen LogP contribution in [0.2, 0.25) is 0 Å². The van der Waals surface area contributed by atoms with Crippen molar-refractivity contribution in [3.8, 4) is 22.8 Å². The predicted octanol–water partition coefficient (Wildman–Crippen LogP) is 2.04. The van der Waals surface area contributed by atoms with Crippen molar-refractivity contribution in [1.29, 1.82) is 0 Å². The molecule has 1 unspecified atom stereocenters. The molecule has 3 rings (SSSR count). The SMILES string of the molecule is O=C(O)c1cc(-c2ccn[nH]2)c(OCC2CCCO2)cc1O. The zero-order chi connectivity index (χ0) is 15.5. The molecule has 0 spiro atoms. The summed E-state index contributed by atoms with van der Waals surface area (Å²) in [7, 11) is 0. The van der Waals surface area contributed by atoms with Gasteiger partial charge in [0.25, 0.3) is 0 Å². The molecule has 1 aliphatic heterocycles. The zero-order valence-corrected chi connectivity index (χ0v) is 11.8. The van der Waals surface area contributed by atoms with E-state index in [1.807, 2.05) is 0 Å². The van der Waals surface area contributed by atoms with Gasteiger partial charge in [-0.2, -0.15) is 5.10 Å². The van der Waals surface area contributed by atoms with Crippen molar-refractivity contribution in [3.63, 3.8) is 0 Å². The number of hydrogen-bond donors (Lipinski definition) is 3. The third-order valence-corrected chi connectivity index (χ3v) is 3.57. The Kier molecular flexibility index (Phi) is 3.97. The molecule has 0 bridgehead atoms. The maximum absolute atomic E-state index is 11.2. The number of benzene rings is 1. The molecule has 7 nitrogen and oxygen atoms in total. The lowest BCUT2D eigenvalue weighted by Crippen LogP contribution is -2.16. The van der Waals surface area contributed by atoms with Crippen LogP contribution < -0.4 is 4.74 Å². The van der Waals surface area contributed by atoms with E-state index in [0.717, 1.165) is 19.4 Å². The van der Waals surface area contributed by atoms with Crippen molar-refractivity contribution >= 4 is 5.97 Å². The van der Waals surface area contributed by atoms with Crippen LogP contribution in [-0.2, 0) is 4.74 Å². The molecule has 1 aliphatic rings. The maximum atomic E-state index is 11.2. The van der Waals surface area contributed by atoms with Gasteiger partial charge in [0.1, 0.15) is 23.7 Å². The van der Waals surface area contributed by atoms with Gasteiger partial charge < -0.3 is 19.7 Å². The Labute approximate surface area is 126 Å². The average molecular weight is 304 g/mol. The number of aromatic amines is 1. The first-order chi connectivity index (χ1) is 10.6. The quantitative estimate of drug-likeness (QED) is 0.780. The first kappa shape index (κ1) is 14.4. The summed E-state index contributed by atoms with van der Waals surface area (Å²) in [6.45, 7) is 1.08. The number of aromatic nitrogens is 2. The van der Waals surface area contributed by atoms with Crippen LogP contribution in [0.3, 0.4) is 0 Å². The molecule has 0 amide bonds. The van der Waals surface area contributed by atoms with Crippen LogP contribution in [0, 0.1) is 0 Å². The van der Waals surface area contributed by atoms with E-state index in [4.69, 9.17) is 14.6 Å². The smallest absolute Gasteiger partial charge is 0.339 e. The Morgan fingerprint density at radius 1 is 1.50 bits per heavy atom. The second-order valence-electron chi connectivity index (χ2n) is 5.09. The topological polar surface area (TPSA) is 105 Å². The van der Waals surface area contributed by atoms with Gasteiger partial charge in [0.05, 0.1) is 11.8 Å². The van der Waals surface area contributed by atoms with E-state index in [9.17, 15) is 9.90 Å². The third-order valence-electron chi connectivity index (χ3n) is 3.57. The zero-order valence-electron chi connectivity index (χ0n) is 11.8. The molecular formula is C15H16N2O5. The molecule has 1 saturated heterocycles. The second-order valence-corrected chi connectivity index (χ2v) is 5.09. The Morgan fingerprint density at radius 3 is 3.00 bits per heavy atom. The van der Waals surface area contributed by atoms with E-state index in [1.165, 1.54) is 12.1 Å². The molecule has 1 fully saturated rings. The molecule has 0 saturated carbocycles. The maximum Gasteiger partial charge on any atom is 0.339 e. The number of carboxylic acids is 1. The number of rotatable bonds is 5. The molecule has 2 aromatic rings. The Bertz CT molecular complexity index is 663. The summed E-state index contributed by atoms with van der Waals surface area (Å²) in [5.41, 5.74) is 0.963. The van der Waals surface area contributed by atoms with Crippen LogP contribution in [0.4, 0.5) is 0 Å². The predicted molar refractivity (Wildman–Crippen MR) is 77.1 cm³/mol. The number of phenols is 1. The largest absolute Gasteiger partial charge is 0.507 e. The molecule has 1 aromatic carbocycles. The van der Waals surface area contributed by atoms with Crippen molar-refractivity contribution in [1.82, 2.24) is 10.2 Å². The molecule has 116 valence electrons. The number of carbonyl (C=O) groups is 1. The lowest BCUT2D eigenvalue weighted by atomic mass is 10.1. The Morgan fingerprint density at radius 2 is 2.36 bits per heavy atom. The highest BCUT2D eigenvalue weighted by Gasteiger charge is 2.20. The van der Waals surface area contributed by atoms with E-state index >= 15 is 0 Å². The highest BCUT2D eigenvalue weighted by atomic mass is 16.5. The van der Waals surface area contributed by atoms with E-state index < -0.39 is 5.97 Å². The Balaban J connectivity index is 1.92. The van der Waals surface area contributed by atoms with Crippen LogP contribution in [0.25, 0.3) is 11.3 Å². The number of aromatic carboxylic acids is 1. The van der Waals surface area contributed by atoms with Crippen LogP contribution in [0.15, 0.2) is 24.4 Å². The van der Waals surface area contributed by atoms with Crippen LogP contribution in [-0.4, -0.2) is 45.7 Å². The minimum absolute atomic E-state index is 0.0240. The van der Waals surface area contributed by atoms with Gasteiger partial charge in [-0.05, 0) is 25.0 Å². The van der Waals surface area contributed by atoms with Crippen LogP contribution in [0.5, 0.6) is 11.5 Å². The van der Waals surface area contributed by atoms with Crippen LogP contribution in [0.1, 0.15) is 23.2 Å². The van der Waals surface area contributed by atoms with Crippen molar-refractivity contribution in [2.75, 3.05) is 13.2 Å². The molecule has 2 heterocycles. The van der Waals surface area contributed by atoms with Gasteiger partial charge in [-0.3, -0.25) is 5.10 Å². The van der Waals surface area contributed by atoms with E-state index in [0.29, 0.717) is 23.6 Å². The van der Waals surface area contributed by atoms with Gasteiger partial charge in [-0.15, -0.1) is 0 Å². The number of nitrogens with one attached hydrogen (secondary N) is 1. The van der Waals surface area contributed by atoms with Crippen molar-refractivity contribution in [2.45, 2.75) is 18.9 Å². The van der Waals surface area contributed by atoms with E-state index in [2.05, 4.69) is 10.2 Å². The lowest BCUT2D eigenvalue weighted by molar-refractivity contribution is 0.0674. The fraction of sp³-hybridized carbons (Fsp3) is 0.333. The van der Waals surface area contributed by atoms with Crippen molar-refractivity contribution in [3.05, 3.63) is 30.0 Å². The van der Waals surface area contributed by atoms with E-state index in [-0.39, 0.29) is 17.4 Å². The molecular weight excluding hydrogens is 288 g/mol. The molecule has 7 heteroatoms. The van der Waals surface area contributed by atoms with Gasteiger partial charge in [-0.25, -0.2) is 4.79 Å². The van der Waals surface area contributed by atoms with Gasteiger partial charge in [0.15, 0.2) is 0 Å². The highest BCUT2D eigenvalue weighted by Crippen LogP contribution is 2.35. The summed E-state index contributed by atoms with van der Waals surface area (Å²) in [5.74, 6) is -1.15. The fourth-order valence-corrected chi connectivity index (χ4v) is 2.43. The monoisotopic (exact) mass is 304 g/mol. The number of aromatic hydroxyl groups is 1. The highest BCUT2D eigenvalue weighted by molar-refractivity contribution is 5.93. The summed E-state index contributed by atoms with van der Waals surface area (Å²) in [5, 5.41) is 25.6. The van der Waals surface area contributed by atoms with Crippen molar-refractivity contribution in [2.24, 2.45) is 0 Å². The number of H-pyrrole nitrogens is 1. The van der Waals surface area contributed by atoms with Gasteiger partial charge in [0, 0.05) is 24.4 Å². The standard InChI is InChI=1S/C15H16N2O5/c18-13-7-14(22-8-9-2-1-5-21-9)10(6-11(13)15(19)20)12-3-4-16-17-12/h3-4,6-7,9,18H,1-2,5,8H2,(H,16,17)(H,19,20). The van der Waals surface area contributed by atoms with Crippen molar-refractivity contribution < 1.29 is 24.5 Å². The summed E-state index contributed by atoms with van der Waals surface area (Å²) < 4.78 is 11.2. The molecule has 22 heavy (non-hydrogen) atoms. The molecule has 1 atom stereocenters. The number of nitrogens with zero attached hydrogens (tertiary/aromatic N) is 1. The molecule has 0 radical (unpaired) electrons. The second kappa shape index (κ2) is 6.07. The summed E-state index contributed by atoms with van der Waals surface area (Å²) in [6, 6.07) is 4.39. The summed E-state index contributed by atoms with van der Waals surface area (Å²) in [4.78, 5) is 11.2. The summed E-state index contributed by atoms with van der Waals surface area (Å²) in [6.07, 6.45) is 3.52. The average Bonchev–Trinajstić information content (AvgIpc) is 3.18. The number of carboxylic acid groups (broad SMARTS) is 1. The Hall–Kier alpha value is -2.54. The molecule has 3 N–H and O–H groups in total. The number of ether oxygens (including phenoxy) is 2. The van der Waals surface area contributed by atoms with Crippen LogP contribution >= 0.6 is 0 Å². The molecule has 1 aromatic heterocycles. The fourth-order valence-electron chi connectivity index (χ4n) is 2.43.